The largest absolute Gasteiger partial charge is 0.481 e. The summed E-state index contributed by atoms with van der Waals surface area (Å²) in [6.45, 7) is 2.00. The summed E-state index contributed by atoms with van der Waals surface area (Å²) in [5.74, 6) is 7.70. The van der Waals surface area contributed by atoms with Crippen molar-refractivity contribution in [2.45, 2.75) is 31.7 Å². The van der Waals surface area contributed by atoms with Crippen LogP contribution < -0.4 is 10.5 Å². The van der Waals surface area contributed by atoms with Gasteiger partial charge in [0.1, 0.15) is 18.1 Å². The fourth-order valence-electron chi connectivity index (χ4n) is 2.29. The van der Waals surface area contributed by atoms with E-state index in [4.69, 9.17) is 36.3 Å². The van der Waals surface area contributed by atoms with Crippen LogP contribution in [0.4, 0.5) is 0 Å². The summed E-state index contributed by atoms with van der Waals surface area (Å²) in [5, 5.41) is 0.645. The predicted molar refractivity (Wildman–Crippen MR) is 105 cm³/mol. The van der Waals surface area contributed by atoms with E-state index in [9.17, 15) is 4.57 Å². The lowest BCUT2D eigenvalue weighted by atomic mass is 9.93. The van der Waals surface area contributed by atoms with E-state index in [2.05, 4.69) is 11.8 Å². The fourth-order valence-corrected chi connectivity index (χ4v) is 3.22. The first-order valence-electron chi connectivity index (χ1n) is 8.42. The van der Waals surface area contributed by atoms with Crippen molar-refractivity contribution in [2.75, 3.05) is 12.8 Å². The molecule has 2 aromatic rings. The van der Waals surface area contributed by atoms with Gasteiger partial charge < -0.3 is 24.7 Å². The van der Waals surface area contributed by atoms with Crippen LogP contribution in [-0.4, -0.2) is 28.1 Å². The summed E-state index contributed by atoms with van der Waals surface area (Å²) in [5.41, 5.74) is 5.43. The molecule has 1 unspecified atom stereocenters. The fraction of sp³-hybridized carbons (Fsp3) is 0.368. The number of halogens is 1. The second kappa shape index (κ2) is 9.45. The average molecular weight is 412 g/mol. The maximum absolute atomic E-state index is 11.0. The van der Waals surface area contributed by atoms with Crippen molar-refractivity contribution in [1.29, 1.82) is 0 Å². The topological polar surface area (TPSA) is 106 Å². The Balaban J connectivity index is 1.79. The lowest BCUT2D eigenvalue weighted by Gasteiger charge is -2.24. The average Bonchev–Trinajstić information content (AvgIpc) is 3.04. The zero-order valence-electron chi connectivity index (χ0n) is 15.0. The first-order chi connectivity index (χ1) is 12.6. The lowest BCUT2D eigenvalue weighted by Crippen LogP contribution is -2.37. The molecule has 6 nitrogen and oxygen atoms in total. The Bertz CT molecular complexity index is 845. The third-order valence-corrected chi connectivity index (χ3v) is 4.97. The number of hydrogen-bond acceptors (Lipinski definition) is 4. The van der Waals surface area contributed by atoms with Gasteiger partial charge in [-0.1, -0.05) is 17.5 Å². The van der Waals surface area contributed by atoms with Gasteiger partial charge in [0.25, 0.3) is 0 Å². The maximum Gasteiger partial charge on any atom is 0.325 e. The van der Waals surface area contributed by atoms with Crippen molar-refractivity contribution in [1.82, 2.24) is 0 Å². The Morgan fingerprint density at radius 3 is 2.59 bits per heavy atom. The SMILES string of the molecule is CC(N)(CCc1ccc(C#CCOc2ccc(Cl)cc2)o1)CCP(=O)(O)O. The number of benzene rings is 1. The molecular formula is C19H23ClNO5P. The summed E-state index contributed by atoms with van der Waals surface area (Å²) in [6.07, 6.45) is 1.14. The van der Waals surface area contributed by atoms with E-state index in [0.29, 0.717) is 29.4 Å². The Hall–Kier alpha value is -1.74. The molecule has 8 heteroatoms. The van der Waals surface area contributed by atoms with E-state index < -0.39 is 13.1 Å². The van der Waals surface area contributed by atoms with Gasteiger partial charge in [-0.25, -0.2) is 0 Å². The Kier molecular flexibility index (Phi) is 7.55. The monoisotopic (exact) mass is 411 g/mol. The molecule has 1 heterocycles. The van der Waals surface area contributed by atoms with Gasteiger partial charge in [-0.2, -0.15) is 0 Å². The number of hydrogen-bond donors (Lipinski definition) is 3. The quantitative estimate of drug-likeness (QED) is 0.453. The molecule has 146 valence electrons. The molecule has 0 aliphatic heterocycles. The van der Waals surface area contributed by atoms with E-state index in [1.807, 2.05) is 6.07 Å². The molecule has 27 heavy (non-hydrogen) atoms. The van der Waals surface area contributed by atoms with E-state index in [1.165, 1.54) is 0 Å². The van der Waals surface area contributed by atoms with Crippen molar-refractivity contribution in [3.8, 4) is 17.6 Å². The highest BCUT2D eigenvalue weighted by Gasteiger charge is 2.24. The van der Waals surface area contributed by atoms with Gasteiger partial charge in [0.15, 0.2) is 5.76 Å². The van der Waals surface area contributed by atoms with Gasteiger partial charge in [-0.3, -0.25) is 4.57 Å². The minimum absolute atomic E-state index is 0.220. The molecule has 0 fully saturated rings. The smallest absolute Gasteiger partial charge is 0.325 e. The molecule has 0 aliphatic carbocycles. The van der Waals surface area contributed by atoms with Crippen molar-refractivity contribution in [3.63, 3.8) is 0 Å². The number of furan rings is 1. The summed E-state index contributed by atoms with van der Waals surface area (Å²) in [6, 6.07) is 10.6. The molecule has 0 bridgehead atoms. The first-order valence-corrected chi connectivity index (χ1v) is 10.6. The van der Waals surface area contributed by atoms with Crippen LogP contribution >= 0.6 is 19.2 Å². The summed E-state index contributed by atoms with van der Waals surface area (Å²) >= 11 is 5.81. The molecule has 0 spiro atoms. The van der Waals surface area contributed by atoms with E-state index >= 15 is 0 Å². The van der Waals surface area contributed by atoms with Crippen LogP contribution in [0.25, 0.3) is 0 Å². The van der Waals surface area contributed by atoms with Crippen molar-refractivity contribution in [2.24, 2.45) is 5.73 Å². The second-order valence-corrected chi connectivity index (χ2v) is 8.82. The molecule has 2 rings (SSSR count). The highest BCUT2D eigenvalue weighted by molar-refractivity contribution is 7.51. The van der Waals surface area contributed by atoms with Gasteiger partial charge in [-0.05, 0) is 62.1 Å². The van der Waals surface area contributed by atoms with Crippen LogP contribution in [0.1, 0.15) is 31.3 Å². The van der Waals surface area contributed by atoms with Crippen LogP contribution in [0.3, 0.4) is 0 Å². The standard InChI is InChI=1S/C19H23ClNO5P/c1-19(21,12-14-27(22,23)24)11-10-18-9-8-17(26-18)3-2-13-25-16-6-4-15(20)5-7-16/h4-9H,10-14,21H2,1H3,(H2,22,23,24). The van der Waals surface area contributed by atoms with Gasteiger partial charge in [0.05, 0.1) is 6.16 Å². The van der Waals surface area contributed by atoms with Gasteiger partial charge in [0.2, 0.25) is 0 Å². The normalized spacial score (nSPS) is 13.5. The van der Waals surface area contributed by atoms with Crippen LogP contribution in [0.5, 0.6) is 5.75 Å². The van der Waals surface area contributed by atoms with Crippen molar-refractivity contribution < 1.29 is 23.5 Å². The van der Waals surface area contributed by atoms with Crippen LogP contribution in [0, 0.1) is 11.8 Å². The Labute approximate surface area is 163 Å². The van der Waals surface area contributed by atoms with Crippen LogP contribution in [0.15, 0.2) is 40.8 Å². The summed E-state index contributed by atoms with van der Waals surface area (Å²) < 4.78 is 22.1. The number of ether oxygens (including phenoxy) is 1. The third-order valence-electron chi connectivity index (χ3n) is 3.91. The lowest BCUT2D eigenvalue weighted by molar-refractivity contribution is 0.349. The summed E-state index contributed by atoms with van der Waals surface area (Å²) in [7, 11) is -4.03. The highest BCUT2D eigenvalue weighted by Crippen LogP contribution is 2.37. The van der Waals surface area contributed by atoms with Gasteiger partial charge in [-0.15, -0.1) is 0 Å². The van der Waals surface area contributed by atoms with E-state index in [0.717, 1.165) is 5.76 Å². The molecule has 0 radical (unpaired) electrons. The van der Waals surface area contributed by atoms with Gasteiger partial charge in [0, 0.05) is 17.0 Å². The minimum Gasteiger partial charge on any atom is -0.481 e. The minimum atomic E-state index is -4.03. The number of aryl methyl sites for hydroxylation is 1. The number of rotatable bonds is 8. The molecule has 0 aliphatic rings. The predicted octanol–water partition coefficient (Wildman–Crippen LogP) is 3.58. The van der Waals surface area contributed by atoms with E-state index in [1.54, 1.807) is 37.3 Å². The van der Waals surface area contributed by atoms with Crippen molar-refractivity contribution >= 4 is 19.2 Å². The molecule has 0 saturated carbocycles. The Morgan fingerprint density at radius 1 is 1.22 bits per heavy atom. The molecule has 0 saturated heterocycles. The van der Waals surface area contributed by atoms with E-state index in [-0.39, 0.29) is 19.2 Å². The van der Waals surface area contributed by atoms with Crippen molar-refractivity contribution in [3.05, 3.63) is 52.9 Å². The summed E-state index contributed by atoms with van der Waals surface area (Å²) in [4.78, 5) is 17.9. The van der Waals surface area contributed by atoms with Crippen LogP contribution in [-0.2, 0) is 11.0 Å². The molecule has 4 N–H and O–H groups in total. The molecular weight excluding hydrogens is 389 g/mol. The maximum atomic E-state index is 11.0. The van der Waals surface area contributed by atoms with Gasteiger partial charge >= 0.3 is 7.60 Å². The van der Waals surface area contributed by atoms with Crippen LogP contribution in [0.2, 0.25) is 5.02 Å². The highest BCUT2D eigenvalue weighted by atomic mass is 35.5. The Morgan fingerprint density at radius 2 is 1.93 bits per heavy atom. The number of nitrogens with two attached hydrogens (primary N) is 1. The zero-order chi connectivity index (χ0) is 19.9. The first kappa shape index (κ1) is 21.6. The molecule has 1 atom stereocenters. The zero-order valence-corrected chi connectivity index (χ0v) is 16.7. The second-order valence-electron chi connectivity index (χ2n) is 6.60. The molecule has 1 aromatic heterocycles. The molecule has 0 amide bonds. The molecule has 1 aromatic carbocycles. The third kappa shape index (κ3) is 8.66.